The van der Waals surface area contributed by atoms with Crippen LogP contribution in [0.1, 0.15) is 24.8 Å². The summed E-state index contributed by atoms with van der Waals surface area (Å²) in [6.45, 7) is 4.43. The van der Waals surface area contributed by atoms with Crippen LogP contribution in [0.3, 0.4) is 0 Å². The summed E-state index contributed by atoms with van der Waals surface area (Å²) in [6.07, 6.45) is 3.48. The monoisotopic (exact) mass is 272 g/mol. The summed E-state index contributed by atoms with van der Waals surface area (Å²) in [5, 5.41) is 6.69. The Morgan fingerprint density at radius 3 is 2.89 bits per heavy atom. The number of nitrogens with zero attached hydrogens (tertiary/aromatic N) is 2. The Labute approximate surface area is 115 Å². The van der Waals surface area contributed by atoms with E-state index >= 15 is 0 Å². The van der Waals surface area contributed by atoms with Crippen LogP contribution < -0.4 is 5.32 Å². The minimum atomic E-state index is 0.271. The van der Waals surface area contributed by atoms with Gasteiger partial charge < -0.3 is 10.3 Å². The number of hydrogen-bond donors (Lipinski definition) is 2. The predicted octanol–water partition coefficient (Wildman–Crippen LogP) is 3.83. The lowest BCUT2D eigenvalue weighted by Gasteiger charge is -2.22. The van der Waals surface area contributed by atoms with Gasteiger partial charge in [-0.1, -0.05) is 19.9 Å². The Kier molecular flexibility index (Phi) is 3.21. The normalized spacial score (nSPS) is 13.0. The third kappa shape index (κ3) is 2.33. The van der Waals surface area contributed by atoms with Gasteiger partial charge in [0, 0.05) is 11.1 Å². The van der Waals surface area contributed by atoms with E-state index in [9.17, 15) is 0 Å². The van der Waals surface area contributed by atoms with Crippen molar-refractivity contribution in [3.63, 3.8) is 0 Å². The maximum absolute atomic E-state index is 4.37. The highest BCUT2D eigenvalue weighted by atomic mass is 32.1. The highest BCUT2D eigenvalue weighted by Crippen LogP contribution is 2.30. The Bertz CT molecular complexity index is 657. The maximum Gasteiger partial charge on any atom is 0.142 e. The molecule has 19 heavy (non-hydrogen) atoms. The zero-order valence-electron chi connectivity index (χ0n) is 10.9. The van der Waals surface area contributed by atoms with Gasteiger partial charge in [0.2, 0.25) is 0 Å². The molecule has 4 nitrogen and oxygen atoms in total. The van der Waals surface area contributed by atoms with Crippen molar-refractivity contribution in [1.82, 2.24) is 15.0 Å². The average Bonchev–Trinajstić information content (AvgIpc) is 3.06. The molecule has 0 saturated heterocycles. The molecule has 0 aliphatic heterocycles. The van der Waals surface area contributed by atoms with Crippen molar-refractivity contribution in [3.05, 3.63) is 41.0 Å². The summed E-state index contributed by atoms with van der Waals surface area (Å²) in [4.78, 5) is 13.0. The smallest absolute Gasteiger partial charge is 0.142 e. The molecule has 0 aliphatic carbocycles. The van der Waals surface area contributed by atoms with Gasteiger partial charge in [0.25, 0.3) is 0 Å². The molecule has 0 bridgehead atoms. The fourth-order valence-electron chi connectivity index (χ4n) is 2.17. The van der Waals surface area contributed by atoms with Crippen molar-refractivity contribution in [2.24, 2.45) is 5.92 Å². The van der Waals surface area contributed by atoms with Crippen molar-refractivity contribution >= 4 is 28.2 Å². The van der Waals surface area contributed by atoms with Crippen molar-refractivity contribution in [1.29, 1.82) is 0 Å². The van der Waals surface area contributed by atoms with Gasteiger partial charge in [-0.3, -0.25) is 0 Å². The van der Waals surface area contributed by atoms with Gasteiger partial charge in [0.1, 0.15) is 17.8 Å². The van der Waals surface area contributed by atoms with Crippen LogP contribution in [0.2, 0.25) is 0 Å². The first kappa shape index (κ1) is 12.2. The molecule has 0 spiro atoms. The van der Waals surface area contributed by atoms with E-state index in [0.29, 0.717) is 5.92 Å². The first-order valence-electron chi connectivity index (χ1n) is 6.33. The lowest BCUT2D eigenvalue weighted by molar-refractivity contribution is 0.552. The van der Waals surface area contributed by atoms with Crippen LogP contribution in [0.15, 0.2) is 36.1 Å². The topological polar surface area (TPSA) is 53.6 Å². The number of aromatic amines is 1. The van der Waals surface area contributed by atoms with Crippen LogP contribution >= 0.6 is 11.3 Å². The SMILES string of the molecule is CC(C)[C@@H](Nc1ncnc2[nH]ccc12)c1cccs1. The lowest BCUT2D eigenvalue weighted by Crippen LogP contribution is -2.16. The summed E-state index contributed by atoms with van der Waals surface area (Å²) >= 11 is 1.77. The van der Waals surface area contributed by atoms with Crippen LogP contribution in [0.25, 0.3) is 11.0 Å². The summed E-state index contributed by atoms with van der Waals surface area (Å²) in [6, 6.07) is 6.53. The van der Waals surface area contributed by atoms with E-state index in [0.717, 1.165) is 16.9 Å². The number of H-pyrrole nitrogens is 1. The van der Waals surface area contributed by atoms with Gasteiger partial charge in [0.15, 0.2) is 0 Å². The molecule has 1 atom stereocenters. The molecule has 0 radical (unpaired) electrons. The number of nitrogens with one attached hydrogen (secondary N) is 2. The second-order valence-corrected chi connectivity index (χ2v) is 5.82. The van der Waals surface area contributed by atoms with E-state index < -0.39 is 0 Å². The molecule has 0 aliphatic rings. The summed E-state index contributed by atoms with van der Waals surface area (Å²) in [5.74, 6) is 1.38. The van der Waals surface area contributed by atoms with E-state index in [2.05, 4.69) is 51.6 Å². The third-order valence-electron chi connectivity index (χ3n) is 3.16. The van der Waals surface area contributed by atoms with Crippen molar-refractivity contribution < 1.29 is 0 Å². The summed E-state index contributed by atoms with van der Waals surface area (Å²) < 4.78 is 0. The fourth-order valence-corrected chi connectivity index (χ4v) is 3.12. The largest absolute Gasteiger partial charge is 0.362 e. The minimum absolute atomic E-state index is 0.271. The number of thiophene rings is 1. The van der Waals surface area contributed by atoms with Crippen molar-refractivity contribution in [2.75, 3.05) is 5.32 Å². The molecule has 3 heterocycles. The van der Waals surface area contributed by atoms with E-state index in [1.165, 1.54) is 4.88 Å². The molecule has 5 heteroatoms. The predicted molar refractivity (Wildman–Crippen MR) is 79.4 cm³/mol. The van der Waals surface area contributed by atoms with E-state index in [1.54, 1.807) is 17.7 Å². The number of rotatable bonds is 4. The highest BCUT2D eigenvalue weighted by Gasteiger charge is 2.18. The van der Waals surface area contributed by atoms with Gasteiger partial charge in [-0.25, -0.2) is 9.97 Å². The second-order valence-electron chi connectivity index (χ2n) is 4.84. The van der Waals surface area contributed by atoms with E-state index in [1.807, 2.05) is 12.3 Å². The van der Waals surface area contributed by atoms with Crippen LogP contribution in [0, 0.1) is 5.92 Å². The molecular weight excluding hydrogens is 256 g/mol. The summed E-state index contributed by atoms with van der Waals surface area (Å²) in [7, 11) is 0. The molecule has 3 aromatic rings. The first-order chi connectivity index (χ1) is 9.25. The van der Waals surface area contributed by atoms with Crippen molar-refractivity contribution in [2.45, 2.75) is 19.9 Å². The Balaban J connectivity index is 1.96. The number of anilines is 1. The Morgan fingerprint density at radius 1 is 1.26 bits per heavy atom. The molecule has 0 unspecified atom stereocenters. The zero-order valence-corrected chi connectivity index (χ0v) is 11.7. The first-order valence-corrected chi connectivity index (χ1v) is 7.21. The molecule has 3 rings (SSSR count). The molecule has 2 N–H and O–H groups in total. The van der Waals surface area contributed by atoms with Crippen LogP contribution in [-0.2, 0) is 0 Å². The van der Waals surface area contributed by atoms with Crippen molar-refractivity contribution in [3.8, 4) is 0 Å². The molecule has 98 valence electrons. The van der Waals surface area contributed by atoms with E-state index in [-0.39, 0.29) is 6.04 Å². The molecule has 0 aromatic carbocycles. The quantitative estimate of drug-likeness (QED) is 0.759. The fraction of sp³-hybridized carbons (Fsp3) is 0.286. The molecule has 3 aromatic heterocycles. The maximum atomic E-state index is 4.37. The summed E-state index contributed by atoms with van der Waals surface area (Å²) in [5.41, 5.74) is 0.867. The molecule has 0 saturated carbocycles. The minimum Gasteiger partial charge on any atom is -0.362 e. The molecule has 0 amide bonds. The van der Waals surface area contributed by atoms with Crippen LogP contribution in [0.5, 0.6) is 0 Å². The number of hydrogen-bond acceptors (Lipinski definition) is 4. The number of aromatic nitrogens is 3. The second kappa shape index (κ2) is 5.01. The molecule has 0 fully saturated rings. The van der Waals surface area contributed by atoms with Gasteiger partial charge in [-0.15, -0.1) is 11.3 Å². The third-order valence-corrected chi connectivity index (χ3v) is 4.12. The van der Waals surface area contributed by atoms with E-state index in [4.69, 9.17) is 0 Å². The highest BCUT2D eigenvalue weighted by molar-refractivity contribution is 7.10. The Hall–Kier alpha value is -1.88. The van der Waals surface area contributed by atoms with Gasteiger partial charge in [-0.2, -0.15) is 0 Å². The van der Waals surface area contributed by atoms with Gasteiger partial charge in [-0.05, 0) is 23.4 Å². The zero-order chi connectivity index (χ0) is 13.2. The standard InChI is InChI=1S/C14H16N4S/c1-9(2)12(11-4-3-7-19-11)18-14-10-5-6-15-13(10)16-8-17-14/h3-9,12H,1-2H3,(H2,15,16,17,18)/t12-/m1/s1. The average molecular weight is 272 g/mol. The number of fused-ring (bicyclic) bond motifs is 1. The van der Waals surface area contributed by atoms with Gasteiger partial charge >= 0.3 is 0 Å². The van der Waals surface area contributed by atoms with Crippen LogP contribution in [-0.4, -0.2) is 15.0 Å². The van der Waals surface area contributed by atoms with Crippen LogP contribution in [0.4, 0.5) is 5.82 Å². The van der Waals surface area contributed by atoms with Gasteiger partial charge in [0.05, 0.1) is 11.4 Å². The Morgan fingerprint density at radius 2 is 2.16 bits per heavy atom. The molecular formula is C14H16N4S. The lowest BCUT2D eigenvalue weighted by atomic mass is 10.0.